The first-order valence-electron chi connectivity index (χ1n) is 11.8. The Morgan fingerprint density at radius 1 is 1.16 bits per heavy atom. The molecule has 2 aromatic carbocycles. The zero-order valence-corrected chi connectivity index (χ0v) is 20.2. The average molecular weight is 495 g/mol. The largest absolute Gasteiger partial charge is 0.481 e. The van der Waals surface area contributed by atoms with Gasteiger partial charge in [0.1, 0.15) is 5.82 Å². The number of pyridine rings is 1. The molecule has 10 heteroatoms. The lowest BCUT2D eigenvalue weighted by Gasteiger charge is -2.21. The lowest BCUT2D eigenvalue weighted by Crippen LogP contribution is -2.36. The monoisotopic (exact) mass is 494 g/mol. The number of H-pyrrole nitrogens is 1. The predicted octanol–water partition coefficient (Wildman–Crippen LogP) is 4.04. The second kappa shape index (κ2) is 9.94. The third-order valence-electron chi connectivity index (χ3n) is 6.14. The summed E-state index contributed by atoms with van der Waals surface area (Å²) in [5.74, 6) is -0.269. The summed E-state index contributed by atoms with van der Waals surface area (Å²) in [5.41, 5.74) is 12.4. The van der Waals surface area contributed by atoms with Gasteiger partial charge in [-0.1, -0.05) is 18.2 Å². The van der Waals surface area contributed by atoms with Crippen molar-refractivity contribution in [3.05, 3.63) is 90.1 Å². The number of guanidine groups is 1. The summed E-state index contributed by atoms with van der Waals surface area (Å²) in [4.78, 5) is 25.2. The van der Waals surface area contributed by atoms with Crippen LogP contribution in [0.5, 0.6) is 0 Å². The standard InChI is InChI=1S/C27H26N8O2/c1-17-22(35-23(18-6-5-13-30-15-18)14-19(33-35)9-12-25(36)37)11-10-21-26(17)32-24(31-21)16-34(27(28)29)20-7-3-2-4-8-20/h2-8,10-11,13-15H,9,12,16H2,1H3,(H3,28,29)(H,31,32)(H,36,37). The molecule has 0 aliphatic rings. The molecule has 5 rings (SSSR count). The summed E-state index contributed by atoms with van der Waals surface area (Å²) >= 11 is 0. The van der Waals surface area contributed by atoms with Crippen LogP contribution in [0.4, 0.5) is 5.69 Å². The number of carboxylic acid groups (broad SMARTS) is 1. The number of nitrogens with two attached hydrogens (primary N) is 1. The maximum Gasteiger partial charge on any atom is 0.303 e. The molecule has 0 amide bonds. The Morgan fingerprint density at radius 3 is 2.68 bits per heavy atom. The van der Waals surface area contributed by atoms with Gasteiger partial charge < -0.3 is 20.7 Å². The molecule has 0 saturated carbocycles. The van der Waals surface area contributed by atoms with Crippen LogP contribution in [0.15, 0.2) is 73.1 Å². The molecule has 10 nitrogen and oxygen atoms in total. The fraction of sp³-hybridized carbons (Fsp3) is 0.148. The van der Waals surface area contributed by atoms with Crippen LogP contribution in [0.2, 0.25) is 0 Å². The molecule has 0 unspecified atom stereocenters. The van der Waals surface area contributed by atoms with Gasteiger partial charge in [-0.25, -0.2) is 9.67 Å². The number of aromatic nitrogens is 5. The molecule has 3 heterocycles. The number of carboxylic acids is 1. The Kier molecular flexibility index (Phi) is 6.38. The first-order chi connectivity index (χ1) is 17.9. The number of hydrogen-bond acceptors (Lipinski definition) is 5. The molecule has 0 bridgehead atoms. The van der Waals surface area contributed by atoms with E-state index in [1.54, 1.807) is 17.3 Å². The van der Waals surface area contributed by atoms with Crippen molar-refractivity contribution in [3.63, 3.8) is 0 Å². The van der Waals surface area contributed by atoms with Crippen molar-refractivity contribution in [3.8, 4) is 16.9 Å². The third kappa shape index (κ3) is 4.90. The van der Waals surface area contributed by atoms with Crippen LogP contribution in [0.25, 0.3) is 28.0 Å². The molecule has 186 valence electrons. The van der Waals surface area contributed by atoms with Gasteiger partial charge in [0, 0.05) is 35.6 Å². The minimum Gasteiger partial charge on any atom is -0.481 e. The normalized spacial score (nSPS) is 11.1. The molecular formula is C27H26N8O2. The molecule has 0 fully saturated rings. The molecule has 37 heavy (non-hydrogen) atoms. The predicted molar refractivity (Wildman–Crippen MR) is 142 cm³/mol. The van der Waals surface area contributed by atoms with Crippen LogP contribution < -0.4 is 10.6 Å². The number of benzene rings is 2. The number of aromatic amines is 1. The highest BCUT2D eigenvalue weighted by Gasteiger charge is 2.18. The van der Waals surface area contributed by atoms with Crippen molar-refractivity contribution >= 4 is 28.6 Å². The van der Waals surface area contributed by atoms with Crippen LogP contribution >= 0.6 is 0 Å². The summed E-state index contributed by atoms with van der Waals surface area (Å²) < 4.78 is 1.82. The number of nitrogens with one attached hydrogen (secondary N) is 2. The Bertz CT molecular complexity index is 1570. The number of imidazole rings is 1. The lowest BCUT2D eigenvalue weighted by molar-refractivity contribution is -0.136. The van der Waals surface area contributed by atoms with E-state index in [1.807, 2.05) is 72.3 Å². The fourth-order valence-electron chi connectivity index (χ4n) is 4.32. The van der Waals surface area contributed by atoms with Gasteiger partial charge in [-0.15, -0.1) is 0 Å². The lowest BCUT2D eigenvalue weighted by atomic mass is 10.1. The van der Waals surface area contributed by atoms with E-state index in [-0.39, 0.29) is 12.4 Å². The summed E-state index contributed by atoms with van der Waals surface area (Å²) in [6, 6.07) is 19.1. The zero-order chi connectivity index (χ0) is 25.9. The van der Waals surface area contributed by atoms with E-state index in [1.165, 1.54) is 0 Å². The number of nitrogens with zero attached hydrogens (tertiary/aromatic N) is 5. The van der Waals surface area contributed by atoms with Gasteiger partial charge in [0.15, 0.2) is 5.96 Å². The van der Waals surface area contributed by atoms with Gasteiger partial charge >= 0.3 is 5.97 Å². The minimum atomic E-state index is -0.866. The molecule has 5 N–H and O–H groups in total. The number of carbonyl (C=O) groups is 1. The van der Waals surface area contributed by atoms with Gasteiger partial charge in [-0.3, -0.25) is 15.2 Å². The molecule has 0 aliphatic heterocycles. The SMILES string of the molecule is Cc1c(-n2nc(CCC(=O)O)cc2-c2cccnc2)ccc2[nH]c(CN(C(=N)N)c3ccccc3)nc12. The number of hydrogen-bond donors (Lipinski definition) is 4. The Morgan fingerprint density at radius 2 is 1.97 bits per heavy atom. The molecule has 3 aromatic heterocycles. The second-order valence-electron chi connectivity index (χ2n) is 8.66. The number of fused-ring (bicyclic) bond motifs is 1. The number of aliphatic carboxylic acids is 1. The second-order valence-corrected chi connectivity index (χ2v) is 8.66. The number of aryl methyl sites for hydroxylation is 2. The fourth-order valence-corrected chi connectivity index (χ4v) is 4.32. The van der Waals surface area contributed by atoms with Gasteiger partial charge in [0.25, 0.3) is 0 Å². The number of anilines is 1. The van der Waals surface area contributed by atoms with Crippen LogP contribution in [0, 0.1) is 12.3 Å². The third-order valence-corrected chi connectivity index (χ3v) is 6.14. The van der Waals surface area contributed by atoms with Crippen molar-refractivity contribution in [2.24, 2.45) is 5.73 Å². The maximum absolute atomic E-state index is 11.1. The Labute approximate surface area is 212 Å². The Hall–Kier alpha value is -4.99. The first-order valence-corrected chi connectivity index (χ1v) is 11.8. The van der Waals surface area contributed by atoms with Crippen molar-refractivity contribution < 1.29 is 9.90 Å². The summed E-state index contributed by atoms with van der Waals surface area (Å²) in [6.07, 6.45) is 3.79. The van der Waals surface area contributed by atoms with Gasteiger partial charge in [-0.05, 0) is 49.4 Å². The smallest absolute Gasteiger partial charge is 0.303 e. The quantitative estimate of drug-likeness (QED) is 0.188. The van der Waals surface area contributed by atoms with Crippen LogP contribution in [0.3, 0.4) is 0 Å². The number of para-hydroxylation sites is 1. The summed E-state index contributed by atoms with van der Waals surface area (Å²) in [7, 11) is 0. The van der Waals surface area contributed by atoms with E-state index in [4.69, 9.17) is 26.3 Å². The first kappa shape index (κ1) is 23.7. The highest BCUT2D eigenvalue weighted by molar-refractivity contribution is 5.92. The van der Waals surface area contributed by atoms with Crippen molar-refractivity contribution in [2.75, 3.05) is 4.90 Å². The molecule has 0 saturated heterocycles. The topological polar surface area (TPSA) is 150 Å². The molecular weight excluding hydrogens is 468 g/mol. The highest BCUT2D eigenvalue weighted by Crippen LogP contribution is 2.29. The number of rotatable bonds is 8. The van der Waals surface area contributed by atoms with E-state index in [2.05, 4.69) is 9.97 Å². The van der Waals surface area contributed by atoms with E-state index in [9.17, 15) is 4.79 Å². The molecule has 0 radical (unpaired) electrons. The van der Waals surface area contributed by atoms with Crippen molar-refractivity contribution in [1.29, 1.82) is 5.41 Å². The van der Waals surface area contributed by atoms with Crippen LogP contribution in [0.1, 0.15) is 23.5 Å². The molecule has 0 aliphatic carbocycles. The highest BCUT2D eigenvalue weighted by atomic mass is 16.4. The van der Waals surface area contributed by atoms with Crippen molar-refractivity contribution in [2.45, 2.75) is 26.3 Å². The van der Waals surface area contributed by atoms with E-state index < -0.39 is 5.97 Å². The molecule has 0 spiro atoms. The summed E-state index contributed by atoms with van der Waals surface area (Å²) in [6.45, 7) is 2.29. The van der Waals surface area contributed by atoms with E-state index >= 15 is 0 Å². The van der Waals surface area contributed by atoms with E-state index in [0.29, 0.717) is 24.5 Å². The maximum atomic E-state index is 11.1. The Balaban J connectivity index is 1.54. The van der Waals surface area contributed by atoms with Gasteiger partial charge in [-0.2, -0.15) is 5.10 Å². The van der Waals surface area contributed by atoms with Crippen LogP contribution in [-0.2, 0) is 17.8 Å². The molecule has 5 aromatic rings. The van der Waals surface area contributed by atoms with Gasteiger partial charge in [0.05, 0.1) is 41.1 Å². The summed E-state index contributed by atoms with van der Waals surface area (Å²) in [5, 5.41) is 21.9. The van der Waals surface area contributed by atoms with Crippen molar-refractivity contribution in [1.82, 2.24) is 24.7 Å². The zero-order valence-electron chi connectivity index (χ0n) is 20.2. The molecule has 0 atom stereocenters. The minimum absolute atomic E-state index is 0.00169. The van der Waals surface area contributed by atoms with E-state index in [0.717, 1.165) is 39.2 Å². The van der Waals surface area contributed by atoms with Crippen LogP contribution in [-0.4, -0.2) is 41.8 Å². The van der Waals surface area contributed by atoms with Gasteiger partial charge in [0.2, 0.25) is 0 Å². The average Bonchev–Trinajstić information content (AvgIpc) is 3.52.